The van der Waals surface area contributed by atoms with Crippen molar-refractivity contribution in [3.63, 3.8) is 0 Å². The van der Waals surface area contributed by atoms with E-state index in [1.54, 1.807) is 13.8 Å². The van der Waals surface area contributed by atoms with Gasteiger partial charge < -0.3 is 14.6 Å². The monoisotopic (exact) mass is 340 g/mol. The van der Waals surface area contributed by atoms with Crippen molar-refractivity contribution in [3.8, 4) is 0 Å². The fraction of sp³-hybridized carbons (Fsp3) is 0.538. The van der Waals surface area contributed by atoms with Gasteiger partial charge in [0.15, 0.2) is 9.84 Å². The molecular weight excluding hydrogens is 324 g/mol. The quantitative estimate of drug-likeness (QED) is 0.801. The molecule has 1 atom stereocenters. The minimum absolute atomic E-state index is 0.0254. The molecule has 2 aromatic heterocycles. The summed E-state index contributed by atoms with van der Waals surface area (Å²) < 4.78 is 33.2. The molecule has 0 bridgehead atoms. The number of ether oxygens (including phenoxy) is 1. The van der Waals surface area contributed by atoms with Crippen molar-refractivity contribution in [2.75, 3.05) is 23.4 Å². The maximum absolute atomic E-state index is 11.9. The van der Waals surface area contributed by atoms with Gasteiger partial charge in [0.05, 0.1) is 23.8 Å². The second kappa shape index (κ2) is 5.76. The Morgan fingerprint density at radius 3 is 2.87 bits per heavy atom. The Hall–Kier alpha value is -2.23. The molecule has 124 valence electrons. The number of nitrogens with zero attached hydrogens (tertiary/aromatic N) is 3. The van der Waals surface area contributed by atoms with Crippen molar-refractivity contribution in [2.45, 2.75) is 26.3 Å². The van der Waals surface area contributed by atoms with E-state index in [-0.39, 0.29) is 35.7 Å². The van der Waals surface area contributed by atoms with Gasteiger partial charge in [-0.15, -0.1) is 0 Å². The normalized spacial score (nSPS) is 19.8. The maximum Gasteiger partial charge on any atom is 0.376 e. The molecule has 1 unspecified atom stereocenters. The highest BCUT2D eigenvalue weighted by Crippen LogP contribution is 2.26. The van der Waals surface area contributed by atoms with E-state index in [4.69, 9.17) is 9.26 Å². The first-order valence-corrected chi connectivity index (χ1v) is 9.00. The highest BCUT2D eigenvalue weighted by molar-refractivity contribution is 7.91. The molecule has 1 saturated heterocycles. The lowest BCUT2D eigenvalue weighted by Gasteiger charge is -2.12. The van der Waals surface area contributed by atoms with Crippen molar-refractivity contribution < 1.29 is 22.5 Å². The van der Waals surface area contributed by atoms with Gasteiger partial charge in [-0.3, -0.25) is 0 Å². The van der Waals surface area contributed by atoms with E-state index < -0.39 is 15.8 Å². The molecule has 0 aliphatic carbocycles. The Bertz CT molecular complexity index is 861. The summed E-state index contributed by atoms with van der Waals surface area (Å²) in [7, 11) is -3.04. The number of hydrogen-bond acceptors (Lipinski definition) is 9. The molecule has 1 aliphatic heterocycles. The van der Waals surface area contributed by atoms with Gasteiger partial charge in [0.25, 0.3) is 5.71 Å². The number of aryl methyl sites for hydroxylation is 1. The molecule has 0 radical (unpaired) electrons. The minimum atomic E-state index is -3.04. The summed E-state index contributed by atoms with van der Waals surface area (Å²) in [5.41, 5.74) is 0.711. The Morgan fingerprint density at radius 1 is 1.43 bits per heavy atom. The van der Waals surface area contributed by atoms with E-state index in [2.05, 4.69) is 20.4 Å². The van der Waals surface area contributed by atoms with Gasteiger partial charge in [0, 0.05) is 6.04 Å². The van der Waals surface area contributed by atoms with Crippen LogP contribution >= 0.6 is 0 Å². The average Bonchev–Trinajstić information content (AvgIpc) is 3.02. The van der Waals surface area contributed by atoms with Crippen LogP contribution in [0.5, 0.6) is 0 Å². The molecule has 3 rings (SSSR count). The van der Waals surface area contributed by atoms with Crippen LogP contribution in [0.15, 0.2) is 4.52 Å². The van der Waals surface area contributed by atoms with Gasteiger partial charge in [-0.2, -0.15) is 4.98 Å². The predicted molar refractivity (Wildman–Crippen MR) is 81.0 cm³/mol. The standard InChI is InChI=1S/C13H16N4O5S/c1-3-21-13(18)11-15-10(9-7(2)17-22-12(9)16-11)14-8-4-5-23(19,20)6-8/h8H,3-6H2,1-2H3,(H,14,15,16). The zero-order chi connectivity index (χ0) is 16.6. The van der Waals surface area contributed by atoms with Crippen LogP contribution in [0, 0.1) is 6.92 Å². The second-order valence-corrected chi connectivity index (χ2v) is 7.54. The molecule has 3 heterocycles. The van der Waals surface area contributed by atoms with Crippen molar-refractivity contribution >= 4 is 32.7 Å². The molecule has 0 saturated carbocycles. The number of carbonyl (C=O) groups excluding carboxylic acids is 1. The van der Waals surface area contributed by atoms with E-state index in [1.165, 1.54) is 0 Å². The van der Waals surface area contributed by atoms with Crippen molar-refractivity contribution in [1.82, 2.24) is 15.1 Å². The lowest BCUT2D eigenvalue weighted by molar-refractivity contribution is 0.0512. The van der Waals surface area contributed by atoms with Crippen LogP contribution in [0.2, 0.25) is 0 Å². The minimum Gasteiger partial charge on any atom is -0.460 e. The first-order chi connectivity index (χ1) is 10.9. The second-order valence-electron chi connectivity index (χ2n) is 5.31. The Morgan fingerprint density at radius 2 is 2.22 bits per heavy atom. The van der Waals surface area contributed by atoms with Crippen LogP contribution < -0.4 is 5.32 Å². The number of esters is 1. The topological polar surface area (TPSA) is 124 Å². The molecule has 23 heavy (non-hydrogen) atoms. The fourth-order valence-electron chi connectivity index (χ4n) is 2.48. The van der Waals surface area contributed by atoms with Crippen LogP contribution in [0.4, 0.5) is 5.82 Å². The number of nitrogens with one attached hydrogen (secondary N) is 1. The highest BCUT2D eigenvalue weighted by Gasteiger charge is 2.29. The summed E-state index contributed by atoms with van der Waals surface area (Å²) in [4.78, 5) is 20.0. The zero-order valence-electron chi connectivity index (χ0n) is 12.7. The molecule has 9 nitrogen and oxygen atoms in total. The summed E-state index contributed by atoms with van der Waals surface area (Å²) in [6, 6.07) is -0.276. The zero-order valence-corrected chi connectivity index (χ0v) is 13.5. The summed E-state index contributed by atoms with van der Waals surface area (Å²) in [6.45, 7) is 3.59. The molecule has 10 heteroatoms. The van der Waals surface area contributed by atoms with Gasteiger partial charge in [0.1, 0.15) is 11.2 Å². The lowest BCUT2D eigenvalue weighted by atomic mass is 10.2. The van der Waals surface area contributed by atoms with Gasteiger partial charge in [-0.05, 0) is 20.3 Å². The number of anilines is 1. The number of fused-ring (bicyclic) bond motifs is 1. The largest absolute Gasteiger partial charge is 0.460 e. The number of carbonyl (C=O) groups is 1. The van der Waals surface area contributed by atoms with E-state index in [1.807, 2.05) is 0 Å². The van der Waals surface area contributed by atoms with E-state index >= 15 is 0 Å². The average molecular weight is 340 g/mol. The fourth-order valence-corrected chi connectivity index (χ4v) is 4.16. The summed E-state index contributed by atoms with van der Waals surface area (Å²) in [5, 5.41) is 7.41. The van der Waals surface area contributed by atoms with E-state index in [9.17, 15) is 13.2 Å². The molecular formula is C13H16N4O5S. The SMILES string of the molecule is CCOC(=O)c1nc(NC2CCS(=O)(=O)C2)c2c(C)noc2n1. The van der Waals surface area contributed by atoms with Crippen LogP contribution in [0.1, 0.15) is 29.7 Å². The van der Waals surface area contributed by atoms with Crippen molar-refractivity contribution in [1.29, 1.82) is 0 Å². The molecule has 1 N–H and O–H groups in total. The molecule has 2 aromatic rings. The van der Waals surface area contributed by atoms with Crippen LogP contribution in [0.3, 0.4) is 0 Å². The van der Waals surface area contributed by atoms with Crippen LogP contribution in [0.25, 0.3) is 11.1 Å². The number of hydrogen-bond donors (Lipinski definition) is 1. The van der Waals surface area contributed by atoms with E-state index in [0.717, 1.165) is 0 Å². The van der Waals surface area contributed by atoms with Gasteiger partial charge in [-0.1, -0.05) is 5.16 Å². The van der Waals surface area contributed by atoms with Gasteiger partial charge >= 0.3 is 5.97 Å². The molecule has 0 spiro atoms. The molecule has 1 fully saturated rings. The third-order valence-corrected chi connectivity index (χ3v) is 5.31. The Balaban J connectivity index is 1.99. The summed E-state index contributed by atoms with van der Waals surface area (Å²) in [6.07, 6.45) is 0.479. The van der Waals surface area contributed by atoms with E-state index in [0.29, 0.717) is 23.3 Å². The first-order valence-electron chi connectivity index (χ1n) is 7.17. The highest BCUT2D eigenvalue weighted by atomic mass is 32.2. The maximum atomic E-state index is 11.9. The summed E-state index contributed by atoms with van der Waals surface area (Å²) in [5.74, 6) is -0.340. The number of sulfone groups is 1. The summed E-state index contributed by atoms with van der Waals surface area (Å²) >= 11 is 0. The van der Waals surface area contributed by atoms with Crippen molar-refractivity contribution in [3.05, 3.63) is 11.5 Å². The number of rotatable bonds is 4. The predicted octanol–water partition coefficient (Wildman–Crippen LogP) is 0.702. The lowest BCUT2D eigenvalue weighted by Crippen LogP contribution is -2.22. The Labute approximate surface area is 132 Å². The molecule has 1 aliphatic rings. The Kier molecular flexibility index (Phi) is 3.92. The molecule has 0 aromatic carbocycles. The van der Waals surface area contributed by atoms with Crippen LogP contribution in [-0.4, -0.2) is 53.7 Å². The molecule has 0 amide bonds. The third-order valence-electron chi connectivity index (χ3n) is 3.54. The first kappa shape index (κ1) is 15.7. The number of aromatic nitrogens is 3. The van der Waals surface area contributed by atoms with Crippen molar-refractivity contribution in [2.24, 2.45) is 0 Å². The third kappa shape index (κ3) is 3.11. The van der Waals surface area contributed by atoms with Crippen LogP contribution in [-0.2, 0) is 14.6 Å². The smallest absolute Gasteiger partial charge is 0.376 e. The van der Waals surface area contributed by atoms with Gasteiger partial charge in [0.2, 0.25) is 5.82 Å². The van der Waals surface area contributed by atoms with Gasteiger partial charge in [-0.25, -0.2) is 18.2 Å².